The lowest BCUT2D eigenvalue weighted by Gasteiger charge is -2.15. The lowest BCUT2D eigenvalue weighted by molar-refractivity contribution is 0.603. The Balaban J connectivity index is 4.33. The lowest BCUT2D eigenvalue weighted by Crippen LogP contribution is -1.99. The Bertz CT molecular complexity index is 270. The highest BCUT2D eigenvalue weighted by molar-refractivity contribution is 5.09. The van der Waals surface area contributed by atoms with E-state index in [1.54, 1.807) is 5.57 Å². The van der Waals surface area contributed by atoms with Crippen LogP contribution in [0.3, 0.4) is 0 Å². The summed E-state index contributed by atoms with van der Waals surface area (Å²) in [4.78, 5) is 0. The van der Waals surface area contributed by atoms with E-state index in [0.29, 0.717) is 11.8 Å². The average molecular weight is 248 g/mol. The summed E-state index contributed by atoms with van der Waals surface area (Å²) < 4.78 is 0. The Morgan fingerprint density at radius 3 is 2.33 bits per heavy atom. The topological polar surface area (TPSA) is 0 Å². The van der Waals surface area contributed by atoms with Gasteiger partial charge in [0, 0.05) is 0 Å². The van der Waals surface area contributed by atoms with Crippen LogP contribution in [0.1, 0.15) is 66.2 Å². The SMILES string of the molecule is C=CC(C)CC/C=C(\CCC(=C)CC)C(C)CC. The van der Waals surface area contributed by atoms with E-state index in [2.05, 4.69) is 53.0 Å². The highest BCUT2D eigenvalue weighted by atomic mass is 14.1. The molecule has 0 fully saturated rings. The zero-order chi connectivity index (χ0) is 14.0. The molecule has 0 N–H and O–H groups in total. The summed E-state index contributed by atoms with van der Waals surface area (Å²) in [5.74, 6) is 1.35. The van der Waals surface area contributed by atoms with Gasteiger partial charge in [-0.25, -0.2) is 0 Å². The number of hydrogen-bond donors (Lipinski definition) is 0. The first-order chi connectivity index (χ1) is 8.54. The van der Waals surface area contributed by atoms with Crippen molar-refractivity contribution in [3.63, 3.8) is 0 Å². The Labute approximate surface area is 115 Å². The molecular weight excluding hydrogens is 216 g/mol. The Hall–Kier alpha value is -0.780. The van der Waals surface area contributed by atoms with Gasteiger partial charge in [-0.2, -0.15) is 0 Å². The first-order valence-corrected chi connectivity index (χ1v) is 7.53. The molecule has 2 atom stereocenters. The van der Waals surface area contributed by atoms with Crippen LogP contribution in [0, 0.1) is 11.8 Å². The zero-order valence-electron chi connectivity index (χ0n) is 13.0. The van der Waals surface area contributed by atoms with Gasteiger partial charge in [-0.05, 0) is 50.4 Å². The van der Waals surface area contributed by atoms with Crippen LogP contribution in [0.4, 0.5) is 0 Å². The Morgan fingerprint density at radius 2 is 1.83 bits per heavy atom. The molecule has 0 aliphatic heterocycles. The summed E-state index contributed by atoms with van der Waals surface area (Å²) in [5, 5.41) is 0. The van der Waals surface area contributed by atoms with Crippen molar-refractivity contribution in [3.05, 3.63) is 36.5 Å². The van der Waals surface area contributed by atoms with Gasteiger partial charge in [0.1, 0.15) is 0 Å². The molecule has 0 aromatic carbocycles. The van der Waals surface area contributed by atoms with Crippen molar-refractivity contribution in [1.82, 2.24) is 0 Å². The van der Waals surface area contributed by atoms with Crippen LogP contribution in [0.25, 0.3) is 0 Å². The number of hydrogen-bond acceptors (Lipinski definition) is 0. The summed E-state index contributed by atoms with van der Waals surface area (Å²) in [6.07, 6.45) is 11.6. The molecule has 0 amide bonds. The van der Waals surface area contributed by atoms with E-state index in [-0.39, 0.29) is 0 Å². The predicted molar refractivity (Wildman–Crippen MR) is 84.8 cm³/mol. The van der Waals surface area contributed by atoms with Crippen LogP contribution in [-0.4, -0.2) is 0 Å². The lowest BCUT2D eigenvalue weighted by atomic mass is 9.91. The monoisotopic (exact) mass is 248 g/mol. The van der Waals surface area contributed by atoms with Gasteiger partial charge in [-0.3, -0.25) is 0 Å². The molecule has 0 bridgehead atoms. The van der Waals surface area contributed by atoms with Crippen LogP contribution in [0.15, 0.2) is 36.5 Å². The highest BCUT2D eigenvalue weighted by Crippen LogP contribution is 2.23. The van der Waals surface area contributed by atoms with Gasteiger partial charge < -0.3 is 0 Å². The standard InChI is InChI=1S/C18H32/c1-7-15(4)11-10-12-18(17(6)9-3)14-13-16(5)8-2/h7,12,15,17H,1,5,8-11,13-14H2,2-4,6H3/b18-12+. The molecule has 0 heterocycles. The van der Waals surface area contributed by atoms with Crippen molar-refractivity contribution in [2.45, 2.75) is 66.2 Å². The zero-order valence-corrected chi connectivity index (χ0v) is 13.0. The molecule has 0 aliphatic carbocycles. The minimum absolute atomic E-state index is 0.630. The Kier molecular flexibility index (Phi) is 9.73. The molecule has 0 heteroatoms. The molecule has 2 unspecified atom stereocenters. The summed E-state index contributed by atoms with van der Waals surface area (Å²) in [7, 11) is 0. The van der Waals surface area contributed by atoms with Gasteiger partial charge in [0.05, 0.1) is 0 Å². The molecule has 104 valence electrons. The van der Waals surface area contributed by atoms with E-state index in [4.69, 9.17) is 0 Å². The van der Waals surface area contributed by atoms with Gasteiger partial charge in [0.25, 0.3) is 0 Å². The second-order valence-corrected chi connectivity index (χ2v) is 5.48. The van der Waals surface area contributed by atoms with Crippen molar-refractivity contribution in [1.29, 1.82) is 0 Å². The Morgan fingerprint density at radius 1 is 1.17 bits per heavy atom. The third-order valence-corrected chi connectivity index (χ3v) is 3.94. The van der Waals surface area contributed by atoms with E-state index in [1.165, 1.54) is 31.3 Å². The number of rotatable bonds is 10. The highest BCUT2D eigenvalue weighted by Gasteiger charge is 2.07. The van der Waals surface area contributed by atoms with Gasteiger partial charge in [0.15, 0.2) is 0 Å². The van der Waals surface area contributed by atoms with Gasteiger partial charge in [-0.1, -0.05) is 57.6 Å². The van der Waals surface area contributed by atoms with Crippen molar-refractivity contribution in [3.8, 4) is 0 Å². The van der Waals surface area contributed by atoms with E-state index in [1.807, 2.05) is 0 Å². The first kappa shape index (κ1) is 17.2. The molecule has 0 nitrogen and oxygen atoms in total. The minimum atomic E-state index is 0.630. The molecule has 0 rings (SSSR count). The molecule has 0 aromatic heterocycles. The van der Waals surface area contributed by atoms with E-state index in [0.717, 1.165) is 12.8 Å². The largest absolute Gasteiger partial charge is 0.103 e. The quantitative estimate of drug-likeness (QED) is 0.397. The maximum absolute atomic E-state index is 4.11. The van der Waals surface area contributed by atoms with Crippen LogP contribution in [0.5, 0.6) is 0 Å². The molecule has 0 spiro atoms. The third-order valence-electron chi connectivity index (χ3n) is 3.94. The predicted octanol–water partition coefficient (Wildman–Crippen LogP) is 6.31. The molecule has 18 heavy (non-hydrogen) atoms. The van der Waals surface area contributed by atoms with E-state index >= 15 is 0 Å². The summed E-state index contributed by atoms with van der Waals surface area (Å²) in [6.45, 7) is 17.0. The summed E-state index contributed by atoms with van der Waals surface area (Å²) in [5.41, 5.74) is 3.01. The smallest absolute Gasteiger partial charge is 0.0234 e. The van der Waals surface area contributed by atoms with Crippen molar-refractivity contribution < 1.29 is 0 Å². The molecule has 0 saturated carbocycles. The van der Waals surface area contributed by atoms with Crippen LogP contribution < -0.4 is 0 Å². The molecule has 0 radical (unpaired) electrons. The molecule has 0 aliphatic rings. The van der Waals surface area contributed by atoms with Gasteiger partial charge in [0.2, 0.25) is 0 Å². The maximum atomic E-state index is 4.11. The van der Waals surface area contributed by atoms with Gasteiger partial charge >= 0.3 is 0 Å². The fourth-order valence-electron chi connectivity index (χ4n) is 1.96. The second-order valence-electron chi connectivity index (χ2n) is 5.48. The van der Waals surface area contributed by atoms with Crippen LogP contribution in [-0.2, 0) is 0 Å². The third kappa shape index (κ3) is 7.53. The van der Waals surface area contributed by atoms with E-state index < -0.39 is 0 Å². The molecule has 0 saturated heterocycles. The van der Waals surface area contributed by atoms with E-state index in [9.17, 15) is 0 Å². The second kappa shape index (κ2) is 10.2. The number of allylic oxidation sites excluding steroid dienone is 4. The average Bonchev–Trinajstić information content (AvgIpc) is 2.40. The molecule has 0 aromatic rings. The first-order valence-electron chi connectivity index (χ1n) is 7.53. The van der Waals surface area contributed by atoms with Crippen LogP contribution in [0.2, 0.25) is 0 Å². The molecular formula is C18H32. The minimum Gasteiger partial charge on any atom is -0.103 e. The van der Waals surface area contributed by atoms with Crippen molar-refractivity contribution in [2.75, 3.05) is 0 Å². The van der Waals surface area contributed by atoms with Gasteiger partial charge in [-0.15, -0.1) is 6.58 Å². The summed E-state index contributed by atoms with van der Waals surface area (Å²) >= 11 is 0. The summed E-state index contributed by atoms with van der Waals surface area (Å²) in [6, 6.07) is 0. The van der Waals surface area contributed by atoms with Crippen molar-refractivity contribution >= 4 is 0 Å². The normalized spacial score (nSPS) is 15.2. The maximum Gasteiger partial charge on any atom is -0.0234 e. The van der Waals surface area contributed by atoms with Crippen molar-refractivity contribution in [2.24, 2.45) is 11.8 Å². The fourth-order valence-corrected chi connectivity index (χ4v) is 1.96. The fraction of sp³-hybridized carbons (Fsp3) is 0.667. The van der Waals surface area contributed by atoms with Crippen LogP contribution >= 0.6 is 0 Å².